The van der Waals surface area contributed by atoms with E-state index in [1.807, 2.05) is 17.0 Å². The van der Waals surface area contributed by atoms with E-state index in [-0.39, 0.29) is 17.5 Å². The lowest BCUT2D eigenvalue weighted by Gasteiger charge is -2.15. The number of benzene rings is 2. The van der Waals surface area contributed by atoms with Gasteiger partial charge >= 0.3 is 5.69 Å². The van der Waals surface area contributed by atoms with Crippen LogP contribution in [0.25, 0.3) is 11.0 Å². The van der Waals surface area contributed by atoms with Crippen molar-refractivity contribution in [2.24, 2.45) is 0 Å². The first-order chi connectivity index (χ1) is 13.6. The summed E-state index contributed by atoms with van der Waals surface area (Å²) in [5.41, 5.74) is 2.12. The molecule has 0 unspecified atom stereocenters. The molecule has 7 nitrogen and oxygen atoms in total. The van der Waals surface area contributed by atoms with Crippen LogP contribution in [0.2, 0.25) is 0 Å². The lowest BCUT2D eigenvalue weighted by molar-refractivity contribution is -0.127. The van der Waals surface area contributed by atoms with Crippen LogP contribution in [0.3, 0.4) is 0 Å². The van der Waals surface area contributed by atoms with Gasteiger partial charge in [0.2, 0.25) is 5.91 Å². The van der Waals surface area contributed by atoms with Crippen molar-refractivity contribution in [3.63, 3.8) is 0 Å². The average Bonchev–Trinajstić information content (AvgIpc) is 3.35. The largest absolute Gasteiger partial charge is 0.342 e. The first-order valence-corrected chi connectivity index (χ1v) is 10.1. The zero-order chi connectivity index (χ0) is 19.5. The number of imidazole rings is 1. The van der Waals surface area contributed by atoms with Crippen LogP contribution in [0, 0.1) is 0 Å². The summed E-state index contributed by atoms with van der Waals surface area (Å²) in [4.78, 5) is 44.4. The van der Waals surface area contributed by atoms with Crippen molar-refractivity contribution in [3.8, 4) is 0 Å². The summed E-state index contributed by atoms with van der Waals surface area (Å²) in [5, 5.41) is 2.86. The van der Waals surface area contributed by atoms with Gasteiger partial charge in [0.05, 0.1) is 22.3 Å². The van der Waals surface area contributed by atoms with Gasteiger partial charge in [0, 0.05) is 23.7 Å². The molecule has 0 bridgehead atoms. The third-order valence-corrected chi connectivity index (χ3v) is 5.77. The highest BCUT2D eigenvalue weighted by atomic mass is 32.2. The fourth-order valence-corrected chi connectivity index (χ4v) is 4.24. The Morgan fingerprint density at radius 2 is 1.79 bits per heavy atom. The van der Waals surface area contributed by atoms with Crippen LogP contribution < -0.4 is 11.0 Å². The average molecular weight is 396 g/mol. The Morgan fingerprint density at radius 3 is 2.61 bits per heavy atom. The molecule has 3 N–H and O–H groups in total. The summed E-state index contributed by atoms with van der Waals surface area (Å²) in [6.45, 7) is 1.65. The van der Waals surface area contributed by atoms with Crippen LogP contribution >= 0.6 is 11.8 Å². The summed E-state index contributed by atoms with van der Waals surface area (Å²) >= 11 is 1.38. The van der Waals surface area contributed by atoms with Gasteiger partial charge in [-0.1, -0.05) is 12.1 Å². The minimum Gasteiger partial charge on any atom is -0.342 e. The molecule has 0 spiro atoms. The lowest BCUT2D eigenvalue weighted by atomic mass is 10.2. The van der Waals surface area contributed by atoms with Gasteiger partial charge in [-0.25, -0.2) is 4.79 Å². The highest BCUT2D eigenvalue weighted by molar-refractivity contribution is 8.00. The number of hydrogen-bond donors (Lipinski definition) is 3. The van der Waals surface area contributed by atoms with Crippen LogP contribution in [-0.2, 0) is 4.79 Å². The Balaban J connectivity index is 1.47. The van der Waals surface area contributed by atoms with Gasteiger partial charge in [0.25, 0.3) is 5.91 Å². The molecule has 8 heteroatoms. The molecule has 1 aromatic heterocycles. The van der Waals surface area contributed by atoms with E-state index in [0.717, 1.165) is 30.8 Å². The summed E-state index contributed by atoms with van der Waals surface area (Å²) in [6, 6.07) is 12.4. The number of carbonyl (C=O) groups excluding carboxylic acids is 2. The second kappa shape index (κ2) is 7.93. The summed E-state index contributed by atoms with van der Waals surface area (Å²) in [7, 11) is 0. The molecule has 1 aliphatic rings. The second-order valence-corrected chi connectivity index (χ2v) is 7.68. The number of carbonyl (C=O) groups is 2. The van der Waals surface area contributed by atoms with Crippen LogP contribution in [0.15, 0.2) is 52.2 Å². The topological polar surface area (TPSA) is 98.1 Å². The Bertz CT molecular complexity index is 1080. The van der Waals surface area contributed by atoms with Crippen molar-refractivity contribution in [1.82, 2.24) is 14.9 Å². The molecule has 3 aromatic rings. The molecular weight excluding hydrogens is 376 g/mol. The van der Waals surface area contributed by atoms with Gasteiger partial charge in [-0.2, -0.15) is 0 Å². The fraction of sp³-hybridized carbons (Fsp3) is 0.250. The zero-order valence-corrected chi connectivity index (χ0v) is 16.0. The number of aromatic amines is 2. The molecule has 28 heavy (non-hydrogen) atoms. The number of thioether (sulfide) groups is 1. The van der Waals surface area contributed by atoms with Gasteiger partial charge in [-0.15, -0.1) is 11.8 Å². The zero-order valence-electron chi connectivity index (χ0n) is 15.2. The number of nitrogens with zero attached hydrogens (tertiary/aromatic N) is 1. The van der Waals surface area contributed by atoms with E-state index < -0.39 is 0 Å². The number of anilines is 1. The molecule has 2 aromatic carbocycles. The number of amides is 2. The maximum Gasteiger partial charge on any atom is 0.323 e. The number of likely N-dealkylation sites (tertiary alicyclic amines) is 1. The molecule has 4 rings (SSSR count). The molecule has 0 radical (unpaired) electrons. The molecule has 0 atom stereocenters. The number of hydrogen-bond acceptors (Lipinski definition) is 4. The van der Waals surface area contributed by atoms with Crippen molar-refractivity contribution in [1.29, 1.82) is 0 Å². The van der Waals surface area contributed by atoms with E-state index in [1.165, 1.54) is 11.8 Å². The monoisotopic (exact) mass is 396 g/mol. The maximum absolute atomic E-state index is 12.8. The Hall–Kier alpha value is -3.00. The number of aromatic nitrogens is 2. The summed E-state index contributed by atoms with van der Waals surface area (Å²) < 4.78 is 0. The Kier molecular flexibility index (Phi) is 5.21. The molecule has 1 aliphatic heterocycles. The van der Waals surface area contributed by atoms with E-state index >= 15 is 0 Å². The SMILES string of the molecule is O=C(Nc1ccc2[nH]c(=O)[nH]c2c1)c1ccccc1SCC(=O)N1CCCC1. The second-order valence-electron chi connectivity index (χ2n) is 6.67. The minimum atomic E-state index is -0.289. The number of rotatable bonds is 5. The van der Waals surface area contributed by atoms with Crippen molar-refractivity contribution < 1.29 is 9.59 Å². The highest BCUT2D eigenvalue weighted by Gasteiger charge is 2.19. The lowest BCUT2D eigenvalue weighted by Crippen LogP contribution is -2.29. The molecule has 1 fully saturated rings. The molecule has 0 saturated carbocycles. The first kappa shape index (κ1) is 18.4. The van der Waals surface area contributed by atoms with Crippen molar-refractivity contribution >= 4 is 40.3 Å². The van der Waals surface area contributed by atoms with Crippen LogP contribution in [0.1, 0.15) is 23.2 Å². The van der Waals surface area contributed by atoms with Crippen LogP contribution in [0.5, 0.6) is 0 Å². The molecular formula is C20H20N4O3S. The summed E-state index contributed by atoms with van der Waals surface area (Å²) in [6.07, 6.45) is 2.12. The molecule has 0 aliphatic carbocycles. The Labute approximate surface area is 165 Å². The van der Waals surface area contributed by atoms with Gasteiger partial charge in [-0.3, -0.25) is 9.59 Å². The predicted octanol–water partition coefficient (Wildman–Crippen LogP) is 2.82. The van der Waals surface area contributed by atoms with Gasteiger partial charge in [0.1, 0.15) is 0 Å². The normalized spacial score (nSPS) is 13.8. The number of nitrogens with one attached hydrogen (secondary N) is 3. The van der Waals surface area contributed by atoms with E-state index in [0.29, 0.717) is 28.0 Å². The first-order valence-electron chi connectivity index (χ1n) is 9.13. The van der Waals surface area contributed by atoms with Crippen molar-refractivity contribution in [2.75, 3.05) is 24.2 Å². The maximum atomic E-state index is 12.8. The molecule has 1 saturated heterocycles. The molecule has 2 amide bonds. The van der Waals surface area contributed by atoms with Crippen LogP contribution in [-0.4, -0.2) is 45.5 Å². The number of fused-ring (bicyclic) bond motifs is 1. The van der Waals surface area contributed by atoms with Gasteiger partial charge < -0.3 is 20.2 Å². The molecule has 144 valence electrons. The van der Waals surface area contributed by atoms with Gasteiger partial charge in [0.15, 0.2) is 0 Å². The minimum absolute atomic E-state index is 0.111. The molecule has 2 heterocycles. The summed E-state index contributed by atoms with van der Waals surface area (Å²) in [5.74, 6) is 0.175. The van der Waals surface area contributed by atoms with Crippen molar-refractivity contribution in [2.45, 2.75) is 17.7 Å². The quantitative estimate of drug-likeness (QED) is 0.578. The van der Waals surface area contributed by atoms with E-state index in [2.05, 4.69) is 15.3 Å². The van der Waals surface area contributed by atoms with E-state index in [9.17, 15) is 14.4 Å². The Morgan fingerprint density at radius 1 is 1.04 bits per heavy atom. The third-order valence-electron chi connectivity index (χ3n) is 4.72. The van der Waals surface area contributed by atoms with Crippen LogP contribution in [0.4, 0.5) is 5.69 Å². The number of H-pyrrole nitrogens is 2. The smallest absolute Gasteiger partial charge is 0.323 e. The standard InChI is InChI=1S/C20H20N4O3S/c25-18(24-9-3-4-10-24)12-28-17-6-2-1-5-14(17)19(26)21-13-7-8-15-16(11-13)23-20(27)22-15/h1-2,5-8,11H,3-4,9-10,12H2,(H,21,26)(H2,22,23,27). The van der Waals surface area contributed by atoms with Gasteiger partial charge in [-0.05, 0) is 43.2 Å². The predicted molar refractivity (Wildman–Crippen MR) is 110 cm³/mol. The fourth-order valence-electron chi connectivity index (χ4n) is 3.29. The van der Waals surface area contributed by atoms with E-state index in [1.54, 1.807) is 30.3 Å². The third kappa shape index (κ3) is 3.96. The van der Waals surface area contributed by atoms with E-state index in [4.69, 9.17) is 0 Å². The van der Waals surface area contributed by atoms with Crippen molar-refractivity contribution in [3.05, 3.63) is 58.5 Å². The highest BCUT2D eigenvalue weighted by Crippen LogP contribution is 2.25.